The number of Topliss-reactive ketones (excluding diaryl/α,β-unsaturated/α-hetero) is 1. The quantitative estimate of drug-likeness (QED) is 0.848. The van der Waals surface area contributed by atoms with Crippen LogP contribution in [0.5, 0.6) is 11.5 Å². The van der Waals surface area contributed by atoms with E-state index in [0.717, 1.165) is 5.56 Å². The zero-order valence-electron chi connectivity index (χ0n) is 12.2. The van der Waals surface area contributed by atoms with Crippen molar-refractivity contribution >= 4 is 5.78 Å². The molecule has 0 aliphatic rings. The molecule has 2 rings (SSSR count). The van der Waals surface area contributed by atoms with Gasteiger partial charge in [0.05, 0.1) is 0 Å². The van der Waals surface area contributed by atoms with Crippen molar-refractivity contribution in [2.24, 2.45) is 0 Å². The Labute approximate surface area is 124 Å². The number of ether oxygens (including phenoxy) is 1. The summed E-state index contributed by atoms with van der Waals surface area (Å²) in [6, 6.07) is 14.3. The molecular weight excluding hydrogens is 268 g/mol. The number of carbonyl (C=O) groups excluding carboxylic acids is 1. The lowest BCUT2D eigenvalue weighted by Crippen LogP contribution is -1.97. The molecule has 4 nitrogen and oxygen atoms in total. The molecule has 0 spiro atoms. The molecule has 0 aliphatic carbocycles. The van der Waals surface area contributed by atoms with Gasteiger partial charge in [0.15, 0.2) is 5.78 Å². The summed E-state index contributed by atoms with van der Waals surface area (Å²) < 4.78 is 5.55. The largest absolute Gasteiger partial charge is 0.508 e. The molecule has 0 aromatic heterocycles. The number of phenolic OH excluding ortho intramolecular Hbond substituents is 1. The minimum absolute atomic E-state index is 0.0331. The third-order valence-corrected chi connectivity index (χ3v) is 2.55. The first kappa shape index (κ1) is 16.7. The molecule has 0 bridgehead atoms. The Morgan fingerprint density at radius 3 is 2.33 bits per heavy atom. The van der Waals surface area contributed by atoms with Gasteiger partial charge in [-0.1, -0.05) is 30.3 Å². The Morgan fingerprint density at radius 1 is 1.14 bits per heavy atom. The first-order chi connectivity index (χ1) is 10.1. The van der Waals surface area contributed by atoms with Crippen LogP contribution in [0.1, 0.15) is 29.8 Å². The van der Waals surface area contributed by atoms with E-state index >= 15 is 0 Å². The van der Waals surface area contributed by atoms with Gasteiger partial charge in [-0.05, 0) is 31.5 Å². The molecule has 2 N–H and O–H groups in total. The van der Waals surface area contributed by atoms with E-state index in [9.17, 15) is 9.90 Å². The Kier molecular flexibility index (Phi) is 6.98. The molecule has 0 fully saturated rings. The minimum Gasteiger partial charge on any atom is -0.508 e. The van der Waals surface area contributed by atoms with Crippen molar-refractivity contribution in [3.05, 3.63) is 59.7 Å². The van der Waals surface area contributed by atoms with Gasteiger partial charge in [-0.25, -0.2) is 0 Å². The number of aliphatic hydroxyl groups is 1. The molecule has 0 atom stereocenters. The molecule has 0 saturated carbocycles. The highest BCUT2D eigenvalue weighted by Crippen LogP contribution is 2.23. The van der Waals surface area contributed by atoms with Crippen LogP contribution in [0.25, 0.3) is 0 Å². The summed E-state index contributed by atoms with van der Waals surface area (Å²) in [5.74, 6) is 0.422. The van der Waals surface area contributed by atoms with Gasteiger partial charge in [0.25, 0.3) is 0 Å². The van der Waals surface area contributed by atoms with Gasteiger partial charge >= 0.3 is 0 Å². The van der Waals surface area contributed by atoms with Crippen LogP contribution in [0.15, 0.2) is 48.5 Å². The van der Waals surface area contributed by atoms with E-state index in [4.69, 9.17) is 9.84 Å². The maximum Gasteiger partial charge on any atom is 0.160 e. The van der Waals surface area contributed by atoms with Crippen molar-refractivity contribution < 1.29 is 19.7 Å². The van der Waals surface area contributed by atoms with Gasteiger partial charge in [0.2, 0.25) is 0 Å². The summed E-state index contributed by atoms with van der Waals surface area (Å²) >= 11 is 0. The standard InChI is InChI=1S/C15H14O3.C2H6O/c1-11(16)13-7-14(17)9-15(8-13)18-10-12-5-3-2-4-6-12;1-2-3/h2-9,17H,10H2,1H3;3H,2H2,1H3. The summed E-state index contributed by atoms with van der Waals surface area (Å²) in [7, 11) is 0. The lowest BCUT2D eigenvalue weighted by Gasteiger charge is -2.08. The second kappa shape index (κ2) is 8.76. The van der Waals surface area contributed by atoms with Crippen molar-refractivity contribution in [1.29, 1.82) is 0 Å². The number of hydrogen-bond donors (Lipinski definition) is 2. The van der Waals surface area contributed by atoms with Gasteiger partial charge in [0.1, 0.15) is 18.1 Å². The lowest BCUT2D eigenvalue weighted by atomic mass is 10.1. The first-order valence-electron chi connectivity index (χ1n) is 6.69. The number of aliphatic hydroxyl groups excluding tert-OH is 1. The molecule has 21 heavy (non-hydrogen) atoms. The Balaban J connectivity index is 0.000000677. The summed E-state index contributed by atoms with van der Waals surface area (Å²) in [4.78, 5) is 11.3. The van der Waals surface area contributed by atoms with Crippen LogP contribution in [0.4, 0.5) is 0 Å². The van der Waals surface area contributed by atoms with Crippen LogP contribution in [-0.4, -0.2) is 22.6 Å². The van der Waals surface area contributed by atoms with Crippen molar-refractivity contribution in [3.8, 4) is 11.5 Å². The molecular formula is C17H20O4. The average molecular weight is 288 g/mol. The SMILES string of the molecule is CC(=O)c1cc(O)cc(OCc2ccccc2)c1.CCO. The Hall–Kier alpha value is -2.33. The number of hydrogen-bond acceptors (Lipinski definition) is 4. The molecule has 0 amide bonds. The van der Waals surface area contributed by atoms with Gasteiger partial charge in [-0.15, -0.1) is 0 Å². The molecule has 0 radical (unpaired) electrons. The van der Waals surface area contributed by atoms with E-state index in [2.05, 4.69) is 0 Å². The molecule has 2 aromatic rings. The maximum atomic E-state index is 11.3. The highest BCUT2D eigenvalue weighted by atomic mass is 16.5. The predicted octanol–water partition coefficient (Wildman–Crippen LogP) is 3.17. The second-order valence-electron chi connectivity index (χ2n) is 4.36. The lowest BCUT2D eigenvalue weighted by molar-refractivity contribution is 0.101. The van der Waals surface area contributed by atoms with Gasteiger partial charge < -0.3 is 14.9 Å². The number of phenols is 1. The third-order valence-electron chi connectivity index (χ3n) is 2.55. The zero-order valence-corrected chi connectivity index (χ0v) is 12.2. The number of ketones is 1. The van der Waals surface area contributed by atoms with Crippen molar-refractivity contribution in [1.82, 2.24) is 0 Å². The molecule has 0 aliphatic heterocycles. The Bertz CT molecular complexity index is 564. The van der Waals surface area contributed by atoms with Crippen LogP contribution in [0, 0.1) is 0 Å². The normalized spacial score (nSPS) is 9.48. The number of rotatable bonds is 4. The predicted molar refractivity (Wildman–Crippen MR) is 81.6 cm³/mol. The van der Waals surface area contributed by atoms with E-state index in [1.54, 1.807) is 13.0 Å². The molecule has 0 saturated heterocycles. The summed E-state index contributed by atoms with van der Waals surface area (Å²) in [5, 5.41) is 17.1. The summed E-state index contributed by atoms with van der Waals surface area (Å²) in [5.41, 5.74) is 1.48. The van der Waals surface area contributed by atoms with Crippen LogP contribution in [-0.2, 0) is 6.61 Å². The zero-order chi connectivity index (χ0) is 15.7. The average Bonchev–Trinajstić information content (AvgIpc) is 2.46. The van der Waals surface area contributed by atoms with Crippen molar-refractivity contribution in [3.63, 3.8) is 0 Å². The number of aromatic hydroxyl groups is 1. The monoisotopic (exact) mass is 288 g/mol. The second-order valence-corrected chi connectivity index (χ2v) is 4.36. The number of benzene rings is 2. The minimum atomic E-state index is -0.101. The summed E-state index contributed by atoms with van der Waals surface area (Å²) in [6.45, 7) is 3.79. The van der Waals surface area contributed by atoms with E-state index in [1.807, 2.05) is 30.3 Å². The van der Waals surface area contributed by atoms with Gasteiger partial charge in [-0.2, -0.15) is 0 Å². The third kappa shape index (κ3) is 6.10. The highest BCUT2D eigenvalue weighted by molar-refractivity contribution is 5.94. The molecule has 4 heteroatoms. The molecule has 0 heterocycles. The van der Waals surface area contributed by atoms with Crippen LogP contribution in [0.2, 0.25) is 0 Å². The fraction of sp³-hybridized carbons (Fsp3) is 0.235. The van der Waals surface area contributed by atoms with Crippen LogP contribution in [0.3, 0.4) is 0 Å². The highest BCUT2D eigenvalue weighted by Gasteiger charge is 2.05. The Morgan fingerprint density at radius 2 is 1.76 bits per heavy atom. The molecule has 2 aromatic carbocycles. The van der Waals surface area contributed by atoms with E-state index in [-0.39, 0.29) is 18.1 Å². The van der Waals surface area contributed by atoms with Crippen molar-refractivity contribution in [2.75, 3.05) is 6.61 Å². The molecule has 112 valence electrons. The van der Waals surface area contributed by atoms with E-state index in [0.29, 0.717) is 17.9 Å². The van der Waals surface area contributed by atoms with E-state index in [1.165, 1.54) is 19.1 Å². The van der Waals surface area contributed by atoms with Crippen molar-refractivity contribution in [2.45, 2.75) is 20.5 Å². The molecule has 0 unspecified atom stereocenters. The smallest absolute Gasteiger partial charge is 0.160 e. The maximum absolute atomic E-state index is 11.3. The number of carbonyl (C=O) groups is 1. The first-order valence-corrected chi connectivity index (χ1v) is 6.69. The summed E-state index contributed by atoms with van der Waals surface area (Å²) in [6.07, 6.45) is 0. The van der Waals surface area contributed by atoms with Gasteiger partial charge in [-0.3, -0.25) is 4.79 Å². The van der Waals surface area contributed by atoms with E-state index < -0.39 is 0 Å². The topological polar surface area (TPSA) is 66.8 Å². The van der Waals surface area contributed by atoms with Crippen LogP contribution >= 0.6 is 0 Å². The van der Waals surface area contributed by atoms with Crippen LogP contribution < -0.4 is 4.74 Å². The fourth-order valence-electron chi connectivity index (χ4n) is 1.61. The van der Waals surface area contributed by atoms with Gasteiger partial charge in [0, 0.05) is 18.2 Å². The fourth-order valence-corrected chi connectivity index (χ4v) is 1.61.